The van der Waals surface area contributed by atoms with Crippen molar-refractivity contribution in [2.45, 2.75) is 26.1 Å². The first-order valence-corrected chi connectivity index (χ1v) is 8.11. The largest absolute Gasteiger partial charge is 0.508 e. The van der Waals surface area contributed by atoms with E-state index in [1.54, 1.807) is 0 Å². The van der Waals surface area contributed by atoms with Gasteiger partial charge in [-0.05, 0) is 13.8 Å². The molecule has 2 fully saturated rings. The summed E-state index contributed by atoms with van der Waals surface area (Å²) < 4.78 is 21.1. The monoisotopic (exact) mass is 316 g/mol. The maximum atomic E-state index is 11.5. The molecule has 7 heteroatoms. The van der Waals surface area contributed by atoms with Crippen molar-refractivity contribution in [1.82, 2.24) is 9.80 Å². The third-order valence-electron chi connectivity index (χ3n) is 3.91. The van der Waals surface area contributed by atoms with Crippen molar-refractivity contribution < 1.29 is 23.7 Å². The number of nitrogens with zero attached hydrogens (tertiary/aromatic N) is 2. The molecule has 22 heavy (non-hydrogen) atoms. The van der Waals surface area contributed by atoms with Crippen molar-refractivity contribution in [2.75, 3.05) is 65.7 Å². The molecule has 0 aromatic carbocycles. The number of hydrogen-bond acceptors (Lipinski definition) is 7. The smallest absolute Gasteiger partial charge is 0.433 e. The fourth-order valence-corrected chi connectivity index (χ4v) is 2.75. The summed E-state index contributed by atoms with van der Waals surface area (Å²) in [5.41, 5.74) is 0. The summed E-state index contributed by atoms with van der Waals surface area (Å²) in [6, 6.07) is 0. The second-order valence-electron chi connectivity index (χ2n) is 5.91. The first-order chi connectivity index (χ1) is 10.6. The van der Waals surface area contributed by atoms with Crippen LogP contribution in [0, 0.1) is 0 Å². The highest BCUT2D eigenvalue weighted by Gasteiger charge is 2.18. The molecule has 2 heterocycles. The summed E-state index contributed by atoms with van der Waals surface area (Å²) in [5.74, 6) is 0. The number of carbonyl (C=O) groups is 1. The van der Waals surface area contributed by atoms with E-state index in [1.807, 2.05) is 13.8 Å². The zero-order valence-electron chi connectivity index (χ0n) is 13.7. The summed E-state index contributed by atoms with van der Waals surface area (Å²) >= 11 is 0. The van der Waals surface area contributed by atoms with Crippen LogP contribution in [0.15, 0.2) is 0 Å². The van der Waals surface area contributed by atoms with E-state index in [-0.39, 0.29) is 12.2 Å². The van der Waals surface area contributed by atoms with E-state index in [4.69, 9.17) is 18.9 Å². The minimum absolute atomic E-state index is 0.247. The average molecular weight is 316 g/mol. The lowest BCUT2D eigenvalue weighted by atomic mass is 10.3. The van der Waals surface area contributed by atoms with Crippen molar-refractivity contribution in [3.63, 3.8) is 0 Å². The van der Waals surface area contributed by atoms with Gasteiger partial charge < -0.3 is 18.9 Å². The van der Waals surface area contributed by atoms with Gasteiger partial charge in [-0.2, -0.15) is 0 Å². The highest BCUT2D eigenvalue weighted by Crippen LogP contribution is 2.05. The van der Waals surface area contributed by atoms with Gasteiger partial charge in [-0.15, -0.1) is 0 Å². The Hall–Kier alpha value is -0.890. The number of rotatable bonds is 6. The summed E-state index contributed by atoms with van der Waals surface area (Å²) in [4.78, 5) is 16.0. The number of morpholine rings is 2. The molecule has 0 N–H and O–H groups in total. The first kappa shape index (κ1) is 17.5. The fraction of sp³-hybridized carbons (Fsp3) is 0.933. The Labute approximate surface area is 132 Å². The van der Waals surface area contributed by atoms with Crippen molar-refractivity contribution in [1.29, 1.82) is 0 Å². The quantitative estimate of drug-likeness (QED) is 0.664. The second kappa shape index (κ2) is 9.29. The standard InChI is InChI=1S/C15H28N2O5/c1-13-11-16(3-7-19-13)5-9-21-15(18)22-10-6-17-4-8-20-14(2)12-17/h13-14H,3-12H2,1-2H3. The number of carbonyl (C=O) groups excluding carboxylic acids is 1. The Bertz CT molecular complexity index is 312. The molecule has 128 valence electrons. The van der Waals surface area contributed by atoms with Crippen LogP contribution in [-0.4, -0.2) is 93.9 Å². The zero-order chi connectivity index (χ0) is 15.8. The molecular weight excluding hydrogens is 288 g/mol. The molecular formula is C15H28N2O5. The Morgan fingerprint density at radius 3 is 1.82 bits per heavy atom. The molecule has 0 spiro atoms. The average Bonchev–Trinajstić information content (AvgIpc) is 2.47. The van der Waals surface area contributed by atoms with E-state index >= 15 is 0 Å². The van der Waals surface area contributed by atoms with E-state index in [2.05, 4.69) is 9.80 Å². The molecule has 0 saturated carbocycles. The van der Waals surface area contributed by atoms with E-state index in [9.17, 15) is 4.79 Å². The van der Waals surface area contributed by atoms with E-state index in [0.717, 1.165) is 52.5 Å². The molecule has 2 rings (SSSR count). The summed E-state index contributed by atoms with van der Waals surface area (Å²) in [6.45, 7) is 11.3. The third-order valence-corrected chi connectivity index (χ3v) is 3.91. The Morgan fingerprint density at radius 2 is 1.41 bits per heavy atom. The van der Waals surface area contributed by atoms with Gasteiger partial charge in [0.15, 0.2) is 0 Å². The van der Waals surface area contributed by atoms with E-state index in [0.29, 0.717) is 13.2 Å². The minimum Gasteiger partial charge on any atom is -0.433 e. The molecule has 0 aromatic rings. The van der Waals surface area contributed by atoms with Crippen molar-refractivity contribution in [3.8, 4) is 0 Å². The maximum absolute atomic E-state index is 11.5. The topological polar surface area (TPSA) is 60.5 Å². The fourth-order valence-electron chi connectivity index (χ4n) is 2.75. The predicted molar refractivity (Wildman–Crippen MR) is 81.0 cm³/mol. The van der Waals surface area contributed by atoms with Crippen LogP contribution in [0.4, 0.5) is 4.79 Å². The van der Waals surface area contributed by atoms with Gasteiger partial charge in [-0.1, -0.05) is 0 Å². The van der Waals surface area contributed by atoms with E-state index < -0.39 is 6.16 Å². The molecule has 2 aliphatic rings. The third kappa shape index (κ3) is 6.48. The Morgan fingerprint density at radius 1 is 0.955 bits per heavy atom. The summed E-state index contributed by atoms with van der Waals surface area (Å²) in [6.07, 6.45) is -0.0872. The summed E-state index contributed by atoms with van der Waals surface area (Å²) in [7, 11) is 0. The molecule has 7 nitrogen and oxygen atoms in total. The lowest BCUT2D eigenvalue weighted by Gasteiger charge is -2.31. The van der Waals surface area contributed by atoms with Gasteiger partial charge in [0, 0.05) is 39.3 Å². The highest BCUT2D eigenvalue weighted by atomic mass is 16.7. The van der Waals surface area contributed by atoms with Crippen LogP contribution in [0.3, 0.4) is 0 Å². The molecule has 2 aliphatic heterocycles. The Balaban J connectivity index is 1.49. The molecule has 2 saturated heterocycles. The second-order valence-corrected chi connectivity index (χ2v) is 5.91. The van der Waals surface area contributed by atoms with Gasteiger partial charge >= 0.3 is 6.16 Å². The zero-order valence-corrected chi connectivity index (χ0v) is 13.7. The lowest BCUT2D eigenvalue weighted by molar-refractivity contribution is -0.0318. The maximum Gasteiger partial charge on any atom is 0.508 e. The van der Waals surface area contributed by atoms with Gasteiger partial charge in [0.25, 0.3) is 0 Å². The van der Waals surface area contributed by atoms with E-state index in [1.165, 1.54) is 0 Å². The van der Waals surface area contributed by atoms with Crippen LogP contribution in [0.5, 0.6) is 0 Å². The van der Waals surface area contributed by atoms with Crippen LogP contribution in [0.25, 0.3) is 0 Å². The molecule has 0 amide bonds. The molecule has 2 atom stereocenters. The van der Waals surface area contributed by atoms with Crippen LogP contribution < -0.4 is 0 Å². The number of hydrogen-bond donors (Lipinski definition) is 0. The van der Waals surface area contributed by atoms with Gasteiger partial charge in [0.1, 0.15) is 13.2 Å². The van der Waals surface area contributed by atoms with Crippen LogP contribution in [0.2, 0.25) is 0 Å². The summed E-state index contributed by atoms with van der Waals surface area (Å²) in [5, 5.41) is 0. The first-order valence-electron chi connectivity index (χ1n) is 8.11. The molecule has 0 bridgehead atoms. The SMILES string of the molecule is CC1CN(CCOC(=O)OCCN2CCOC(C)C2)CCO1. The van der Waals surface area contributed by atoms with Crippen molar-refractivity contribution >= 4 is 6.16 Å². The Kier molecular flexibility index (Phi) is 7.38. The van der Waals surface area contributed by atoms with Gasteiger partial charge in [-0.3, -0.25) is 9.80 Å². The molecule has 0 radical (unpaired) electrons. The molecule has 0 aliphatic carbocycles. The van der Waals surface area contributed by atoms with Crippen molar-refractivity contribution in [2.24, 2.45) is 0 Å². The predicted octanol–water partition coefficient (Wildman–Crippen LogP) is 0.581. The van der Waals surface area contributed by atoms with Crippen LogP contribution >= 0.6 is 0 Å². The lowest BCUT2D eigenvalue weighted by Crippen LogP contribution is -2.43. The molecule has 0 aromatic heterocycles. The van der Waals surface area contributed by atoms with Crippen LogP contribution in [-0.2, 0) is 18.9 Å². The minimum atomic E-state index is -0.581. The van der Waals surface area contributed by atoms with Gasteiger partial charge in [0.2, 0.25) is 0 Å². The normalized spacial score (nSPS) is 27.5. The van der Waals surface area contributed by atoms with Gasteiger partial charge in [-0.25, -0.2) is 4.79 Å². The van der Waals surface area contributed by atoms with Crippen molar-refractivity contribution in [3.05, 3.63) is 0 Å². The number of ether oxygens (including phenoxy) is 4. The van der Waals surface area contributed by atoms with Gasteiger partial charge in [0.05, 0.1) is 25.4 Å². The highest BCUT2D eigenvalue weighted by molar-refractivity contribution is 5.59. The van der Waals surface area contributed by atoms with Crippen LogP contribution in [0.1, 0.15) is 13.8 Å². The molecule has 2 unspecified atom stereocenters.